The third-order valence-electron chi connectivity index (χ3n) is 2.75. The molecule has 1 amide bonds. The van der Waals surface area contributed by atoms with Gasteiger partial charge in [0.05, 0.1) is 24.5 Å². The van der Waals surface area contributed by atoms with E-state index in [1.807, 2.05) is 6.26 Å². The SMILES string of the molecule is CCS(=O)(=O)NC(CCSC)C(=O)NC(C)(CO)CO. The van der Waals surface area contributed by atoms with Crippen molar-refractivity contribution in [3.63, 3.8) is 0 Å². The van der Waals surface area contributed by atoms with Crippen LogP contribution < -0.4 is 10.0 Å². The zero-order valence-corrected chi connectivity index (χ0v) is 13.7. The van der Waals surface area contributed by atoms with E-state index in [9.17, 15) is 13.2 Å². The highest BCUT2D eigenvalue weighted by Gasteiger charge is 2.30. The monoisotopic (exact) mass is 328 g/mol. The average molecular weight is 328 g/mol. The minimum Gasteiger partial charge on any atom is -0.394 e. The second kappa shape index (κ2) is 8.83. The van der Waals surface area contributed by atoms with Gasteiger partial charge in [-0.25, -0.2) is 13.1 Å². The maximum absolute atomic E-state index is 12.1. The lowest BCUT2D eigenvalue weighted by Crippen LogP contribution is -2.57. The molecule has 120 valence electrons. The van der Waals surface area contributed by atoms with Crippen molar-refractivity contribution < 1.29 is 23.4 Å². The molecule has 0 aliphatic carbocycles. The van der Waals surface area contributed by atoms with E-state index in [1.54, 1.807) is 0 Å². The van der Waals surface area contributed by atoms with Crippen LogP contribution in [0.3, 0.4) is 0 Å². The number of aliphatic hydroxyl groups is 2. The Labute approximate surface area is 124 Å². The summed E-state index contributed by atoms with van der Waals surface area (Å²) in [6, 6.07) is -0.912. The molecule has 0 aliphatic rings. The Morgan fingerprint density at radius 3 is 2.30 bits per heavy atom. The maximum Gasteiger partial charge on any atom is 0.238 e. The average Bonchev–Trinajstić information content (AvgIpc) is 2.43. The van der Waals surface area contributed by atoms with Gasteiger partial charge in [-0.1, -0.05) is 0 Å². The van der Waals surface area contributed by atoms with Gasteiger partial charge >= 0.3 is 0 Å². The van der Waals surface area contributed by atoms with Gasteiger partial charge in [0, 0.05) is 0 Å². The van der Waals surface area contributed by atoms with Gasteiger partial charge in [-0.3, -0.25) is 4.79 Å². The van der Waals surface area contributed by atoms with Gasteiger partial charge in [-0.15, -0.1) is 0 Å². The highest BCUT2D eigenvalue weighted by molar-refractivity contribution is 7.98. The normalized spacial score (nSPS) is 14.1. The number of hydrogen-bond donors (Lipinski definition) is 4. The third-order valence-corrected chi connectivity index (χ3v) is 4.80. The van der Waals surface area contributed by atoms with Crippen molar-refractivity contribution in [1.29, 1.82) is 0 Å². The van der Waals surface area contributed by atoms with Crippen molar-refractivity contribution in [2.45, 2.75) is 31.8 Å². The van der Waals surface area contributed by atoms with Crippen molar-refractivity contribution in [2.75, 3.05) is 31.0 Å². The zero-order chi connectivity index (χ0) is 15.8. The van der Waals surface area contributed by atoms with Crippen LogP contribution in [0.15, 0.2) is 0 Å². The molecule has 0 radical (unpaired) electrons. The Hall–Kier alpha value is -0.350. The molecule has 0 aromatic rings. The molecule has 0 aromatic heterocycles. The van der Waals surface area contributed by atoms with Crippen LogP contribution in [0.4, 0.5) is 0 Å². The number of carbonyl (C=O) groups is 1. The lowest BCUT2D eigenvalue weighted by molar-refractivity contribution is -0.125. The van der Waals surface area contributed by atoms with E-state index in [0.717, 1.165) is 0 Å². The molecule has 0 aliphatic heterocycles. The van der Waals surface area contributed by atoms with Crippen molar-refractivity contribution in [3.8, 4) is 0 Å². The fourth-order valence-electron chi connectivity index (χ4n) is 1.29. The van der Waals surface area contributed by atoms with Gasteiger partial charge in [0.1, 0.15) is 6.04 Å². The van der Waals surface area contributed by atoms with E-state index in [-0.39, 0.29) is 5.75 Å². The molecule has 0 bridgehead atoms. The van der Waals surface area contributed by atoms with Gasteiger partial charge in [-0.05, 0) is 32.3 Å². The number of aliphatic hydroxyl groups excluding tert-OH is 2. The molecule has 0 spiro atoms. The van der Waals surface area contributed by atoms with Gasteiger partial charge in [-0.2, -0.15) is 11.8 Å². The Bertz CT molecular complexity index is 396. The Morgan fingerprint density at radius 1 is 1.35 bits per heavy atom. The first kappa shape index (κ1) is 19.7. The molecule has 1 atom stereocenters. The van der Waals surface area contributed by atoms with Crippen molar-refractivity contribution in [2.24, 2.45) is 0 Å². The molecule has 0 aromatic carbocycles. The molecule has 0 rings (SSSR count). The molecule has 0 saturated heterocycles. The van der Waals surface area contributed by atoms with E-state index in [1.165, 1.54) is 25.6 Å². The van der Waals surface area contributed by atoms with Crippen molar-refractivity contribution in [3.05, 3.63) is 0 Å². The summed E-state index contributed by atoms with van der Waals surface area (Å²) in [4.78, 5) is 12.1. The predicted octanol–water partition coefficient (Wildman–Crippen LogP) is -1.09. The summed E-state index contributed by atoms with van der Waals surface area (Å²) in [6.07, 6.45) is 2.19. The van der Waals surface area contributed by atoms with E-state index in [2.05, 4.69) is 10.0 Å². The summed E-state index contributed by atoms with van der Waals surface area (Å²) in [5, 5.41) is 20.8. The number of rotatable bonds is 10. The Kier molecular flexibility index (Phi) is 8.68. The smallest absolute Gasteiger partial charge is 0.238 e. The van der Waals surface area contributed by atoms with Crippen LogP contribution in [0.5, 0.6) is 0 Å². The van der Waals surface area contributed by atoms with E-state index in [0.29, 0.717) is 12.2 Å². The molecular weight excluding hydrogens is 304 g/mol. The number of thioether (sulfide) groups is 1. The van der Waals surface area contributed by atoms with Crippen LogP contribution in [0.2, 0.25) is 0 Å². The number of sulfonamides is 1. The van der Waals surface area contributed by atoms with Crippen LogP contribution in [-0.4, -0.2) is 67.1 Å². The Morgan fingerprint density at radius 2 is 1.90 bits per heavy atom. The Balaban J connectivity index is 4.89. The molecule has 20 heavy (non-hydrogen) atoms. The summed E-state index contributed by atoms with van der Waals surface area (Å²) < 4.78 is 25.5. The van der Waals surface area contributed by atoms with Crippen LogP contribution in [0.25, 0.3) is 0 Å². The van der Waals surface area contributed by atoms with E-state index < -0.39 is 40.7 Å². The third kappa shape index (κ3) is 6.89. The van der Waals surface area contributed by atoms with E-state index in [4.69, 9.17) is 10.2 Å². The van der Waals surface area contributed by atoms with Crippen molar-refractivity contribution >= 4 is 27.7 Å². The van der Waals surface area contributed by atoms with Gasteiger partial charge in [0.25, 0.3) is 0 Å². The standard InChI is InChI=1S/C11H24N2O5S2/c1-4-20(17,18)13-9(5-6-19-3)10(16)12-11(2,7-14)8-15/h9,13-15H,4-8H2,1-3H3,(H,12,16). The molecular formula is C11H24N2O5S2. The molecule has 1 unspecified atom stereocenters. The van der Waals surface area contributed by atoms with E-state index >= 15 is 0 Å². The van der Waals surface area contributed by atoms with Gasteiger partial charge < -0.3 is 15.5 Å². The molecule has 0 heterocycles. The summed E-state index contributed by atoms with van der Waals surface area (Å²) in [7, 11) is -3.51. The lowest BCUT2D eigenvalue weighted by Gasteiger charge is -2.29. The molecule has 4 N–H and O–H groups in total. The predicted molar refractivity (Wildman–Crippen MR) is 80.1 cm³/mol. The fraction of sp³-hybridized carbons (Fsp3) is 0.909. The minimum atomic E-state index is -3.51. The molecule has 7 nitrogen and oxygen atoms in total. The maximum atomic E-state index is 12.1. The summed E-state index contributed by atoms with van der Waals surface area (Å²) in [6.45, 7) is 2.08. The second-order valence-corrected chi connectivity index (χ2v) is 7.75. The van der Waals surface area contributed by atoms with Crippen molar-refractivity contribution in [1.82, 2.24) is 10.0 Å². The topological polar surface area (TPSA) is 116 Å². The minimum absolute atomic E-state index is 0.118. The molecule has 0 saturated carbocycles. The first-order chi connectivity index (χ1) is 9.23. The first-order valence-electron chi connectivity index (χ1n) is 6.26. The second-order valence-electron chi connectivity index (χ2n) is 4.72. The van der Waals surface area contributed by atoms with Gasteiger partial charge in [0.15, 0.2) is 0 Å². The quantitative estimate of drug-likeness (QED) is 0.405. The van der Waals surface area contributed by atoms with Gasteiger partial charge in [0.2, 0.25) is 15.9 Å². The number of amides is 1. The highest BCUT2D eigenvalue weighted by Crippen LogP contribution is 2.07. The summed E-state index contributed by atoms with van der Waals surface area (Å²) >= 11 is 1.50. The fourth-order valence-corrected chi connectivity index (χ4v) is 2.59. The molecule has 0 fully saturated rings. The first-order valence-corrected chi connectivity index (χ1v) is 9.31. The summed E-state index contributed by atoms with van der Waals surface area (Å²) in [5.74, 6) is -0.0613. The zero-order valence-electron chi connectivity index (χ0n) is 12.0. The number of hydrogen-bond acceptors (Lipinski definition) is 6. The number of nitrogens with one attached hydrogen (secondary N) is 2. The number of carbonyl (C=O) groups excluding carboxylic acids is 1. The lowest BCUT2D eigenvalue weighted by atomic mass is 10.0. The van der Waals surface area contributed by atoms with Crippen LogP contribution in [0.1, 0.15) is 20.3 Å². The van der Waals surface area contributed by atoms with Crippen LogP contribution >= 0.6 is 11.8 Å². The van der Waals surface area contributed by atoms with Crippen LogP contribution in [-0.2, 0) is 14.8 Å². The molecule has 9 heteroatoms. The summed E-state index contributed by atoms with van der Waals surface area (Å²) in [5.41, 5.74) is -1.17. The van der Waals surface area contributed by atoms with Crippen LogP contribution in [0, 0.1) is 0 Å². The largest absolute Gasteiger partial charge is 0.394 e. The highest BCUT2D eigenvalue weighted by atomic mass is 32.2.